The molecule has 2 aromatic rings. The van der Waals surface area contributed by atoms with Crippen LogP contribution in [0.25, 0.3) is 0 Å². The molecule has 1 aromatic heterocycles. The first kappa shape index (κ1) is 19.0. The number of nitrogens with one attached hydrogen (secondary N) is 1. The number of esters is 1. The maximum atomic E-state index is 12.4. The third kappa shape index (κ3) is 4.82. The van der Waals surface area contributed by atoms with Gasteiger partial charge in [0.15, 0.2) is 6.10 Å². The molecule has 134 valence electrons. The van der Waals surface area contributed by atoms with E-state index in [9.17, 15) is 9.59 Å². The number of hydrogen-bond donors (Lipinski definition) is 1. The van der Waals surface area contributed by atoms with E-state index in [0.29, 0.717) is 16.3 Å². The van der Waals surface area contributed by atoms with Crippen molar-refractivity contribution in [1.29, 1.82) is 0 Å². The Kier molecular flexibility index (Phi) is 5.85. The van der Waals surface area contributed by atoms with E-state index in [0.717, 1.165) is 5.56 Å². The average Bonchev–Trinajstić information content (AvgIpc) is 3.01. The summed E-state index contributed by atoms with van der Waals surface area (Å²) >= 11 is 1.21. The summed E-state index contributed by atoms with van der Waals surface area (Å²) < 4.78 is 10.5. The molecule has 0 unspecified atom stereocenters. The fourth-order valence-electron chi connectivity index (χ4n) is 2.19. The van der Waals surface area contributed by atoms with Crippen molar-refractivity contribution in [1.82, 2.24) is 0 Å². The minimum Gasteiger partial charge on any atom is -0.481 e. The van der Waals surface area contributed by atoms with E-state index in [1.807, 2.05) is 24.3 Å². The maximum absolute atomic E-state index is 12.4. The zero-order valence-corrected chi connectivity index (χ0v) is 15.9. The molecule has 0 aliphatic rings. The first-order valence-corrected chi connectivity index (χ1v) is 8.84. The van der Waals surface area contributed by atoms with E-state index >= 15 is 0 Å². The lowest BCUT2D eigenvalue weighted by molar-refractivity contribution is -0.122. The molecule has 0 fully saturated rings. The van der Waals surface area contributed by atoms with E-state index in [2.05, 4.69) is 26.1 Å². The number of carbonyl (C=O) groups is 2. The highest BCUT2D eigenvalue weighted by molar-refractivity contribution is 7.12. The van der Waals surface area contributed by atoms with Gasteiger partial charge in [-0.25, -0.2) is 4.79 Å². The normalized spacial score (nSPS) is 12.4. The smallest absolute Gasteiger partial charge is 0.350 e. The summed E-state index contributed by atoms with van der Waals surface area (Å²) in [6, 6.07) is 9.37. The largest absolute Gasteiger partial charge is 0.481 e. The highest BCUT2D eigenvalue weighted by atomic mass is 32.1. The van der Waals surface area contributed by atoms with Gasteiger partial charge in [0.1, 0.15) is 10.6 Å². The van der Waals surface area contributed by atoms with Gasteiger partial charge in [0.25, 0.3) is 5.91 Å². The Morgan fingerprint density at radius 3 is 2.56 bits per heavy atom. The van der Waals surface area contributed by atoms with Crippen molar-refractivity contribution in [3.63, 3.8) is 0 Å². The van der Waals surface area contributed by atoms with Crippen molar-refractivity contribution in [3.05, 3.63) is 46.2 Å². The SMILES string of the molecule is COC(=O)c1sccc1NC(=O)[C@@H](C)Oc1cccc(C(C)(C)C)c1. The average molecular weight is 361 g/mol. The molecular formula is C19H23NO4S. The summed E-state index contributed by atoms with van der Waals surface area (Å²) in [5.74, 6) is -0.171. The molecule has 0 spiro atoms. The van der Waals surface area contributed by atoms with Crippen LogP contribution in [0, 0.1) is 0 Å². The number of thiophene rings is 1. The Bertz CT molecular complexity index is 761. The number of rotatable bonds is 5. The quantitative estimate of drug-likeness (QED) is 0.809. The third-order valence-corrected chi connectivity index (χ3v) is 4.57. The number of anilines is 1. The zero-order valence-electron chi connectivity index (χ0n) is 15.1. The lowest BCUT2D eigenvalue weighted by Gasteiger charge is -2.21. The van der Waals surface area contributed by atoms with Crippen LogP contribution in [0.5, 0.6) is 5.75 Å². The van der Waals surface area contributed by atoms with Gasteiger partial charge in [0.2, 0.25) is 0 Å². The topological polar surface area (TPSA) is 64.6 Å². The Hall–Kier alpha value is -2.34. The number of ether oxygens (including phenoxy) is 2. The molecule has 2 rings (SSSR count). The van der Waals surface area contributed by atoms with E-state index in [1.165, 1.54) is 18.4 Å². The summed E-state index contributed by atoms with van der Waals surface area (Å²) in [6.45, 7) is 8.02. The molecule has 6 heteroatoms. The zero-order chi connectivity index (χ0) is 18.6. The first-order valence-electron chi connectivity index (χ1n) is 7.96. The van der Waals surface area contributed by atoms with Gasteiger partial charge in [-0.1, -0.05) is 32.9 Å². The Morgan fingerprint density at radius 2 is 1.92 bits per heavy atom. The van der Waals surface area contributed by atoms with Gasteiger partial charge in [0, 0.05) is 0 Å². The van der Waals surface area contributed by atoms with Crippen LogP contribution in [0.15, 0.2) is 35.7 Å². The molecule has 1 atom stereocenters. The Morgan fingerprint density at radius 1 is 1.20 bits per heavy atom. The van der Waals surface area contributed by atoms with Gasteiger partial charge in [-0.05, 0) is 41.5 Å². The van der Waals surface area contributed by atoms with Crippen molar-refractivity contribution in [2.75, 3.05) is 12.4 Å². The van der Waals surface area contributed by atoms with Crippen molar-refractivity contribution in [3.8, 4) is 5.75 Å². The first-order chi connectivity index (χ1) is 11.7. The summed E-state index contributed by atoms with van der Waals surface area (Å²) in [4.78, 5) is 24.4. The van der Waals surface area contributed by atoms with Crippen LogP contribution in [0.3, 0.4) is 0 Å². The van der Waals surface area contributed by atoms with Crippen LogP contribution in [0.4, 0.5) is 5.69 Å². The fraction of sp³-hybridized carbons (Fsp3) is 0.368. The van der Waals surface area contributed by atoms with Crippen molar-refractivity contribution < 1.29 is 19.1 Å². The standard InChI is InChI=1S/C19H23NO4S/c1-12(24-14-8-6-7-13(11-14)19(2,3)4)17(21)20-15-9-10-25-16(15)18(22)23-5/h6-12H,1-5H3,(H,20,21)/t12-/m1/s1. The van der Waals surface area contributed by atoms with Crippen molar-refractivity contribution in [2.45, 2.75) is 39.2 Å². The summed E-state index contributed by atoms with van der Waals surface area (Å²) in [5.41, 5.74) is 1.56. The van der Waals surface area contributed by atoms with Gasteiger partial charge in [-0.15, -0.1) is 11.3 Å². The molecule has 1 amide bonds. The second-order valence-corrected chi connectivity index (χ2v) is 7.60. The fourth-order valence-corrected chi connectivity index (χ4v) is 2.95. The van der Waals surface area contributed by atoms with E-state index in [-0.39, 0.29) is 11.3 Å². The van der Waals surface area contributed by atoms with E-state index < -0.39 is 12.1 Å². The van der Waals surface area contributed by atoms with Crippen LogP contribution in [-0.2, 0) is 14.9 Å². The van der Waals surface area contributed by atoms with Crippen LogP contribution in [0.2, 0.25) is 0 Å². The molecule has 1 heterocycles. The van der Waals surface area contributed by atoms with Gasteiger partial charge in [0.05, 0.1) is 12.8 Å². The van der Waals surface area contributed by atoms with Crippen molar-refractivity contribution >= 4 is 28.9 Å². The molecule has 1 N–H and O–H groups in total. The summed E-state index contributed by atoms with van der Waals surface area (Å²) in [6.07, 6.45) is -0.708. The molecule has 0 saturated heterocycles. The number of carbonyl (C=O) groups excluding carboxylic acids is 2. The van der Waals surface area contributed by atoms with Gasteiger partial charge >= 0.3 is 5.97 Å². The Labute approximate surface area is 152 Å². The monoisotopic (exact) mass is 361 g/mol. The molecule has 1 aromatic carbocycles. The molecule has 25 heavy (non-hydrogen) atoms. The number of amides is 1. The van der Waals surface area contributed by atoms with Gasteiger partial charge in [-0.2, -0.15) is 0 Å². The lowest BCUT2D eigenvalue weighted by atomic mass is 9.87. The maximum Gasteiger partial charge on any atom is 0.350 e. The second-order valence-electron chi connectivity index (χ2n) is 6.68. The van der Waals surface area contributed by atoms with E-state index in [4.69, 9.17) is 9.47 Å². The number of hydrogen-bond acceptors (Lipinski definition) is 5. The predicted molar refractivity (Wildman–Crippen MR) is 99.5 cm³/mol. The highest BCUT2D eigenvalue weighted by Crippen LogP contribution is 2.27. The Balaban J connectivity index is 2.06. The molecule has 0 aliphatic heterocycles. The summed E-state index contributed by atoms with van der Waals surface area (Å²) in [7, 11) is 1.31. The predicted octanol–water partition coefficient (Wildman–Crippen LogP) is 4.24. The van der Waals surface area contributed by atoms with E-state index in [1.54, 1.807) is 18.4 Å². The third-order valence-electron chi connectivity index (χ3n) is 3.68. The van der Waals surface area contributed by atoms with Crippen LogP contribution in [0.1, 0.15) is 42.9 Å². The van der Waals surface area contributed by atoms with Crippen molar-refractivity contribution in [2.24, 2.45) is 0 Å². The van der Waals surface area contributed by atoms with Crippen LogP contribution in [-0.4, -0.2) is 25.1 Å². The summed E-state index contributed by atoms with van der Waals surface area (Å²) in [5, 5.41) is 4.44. The molecule has 0 bridgehead atoms. The molecule has 5 nitrogen and oxygen atoms in total. The molecular weight excluding hydrogens is 338 g/mol. The molecule has 0 radical (unpaired) electrons. The minimum absolute atomic E-state index is 0.00302. The molecule has 0 aliphatic carbocycles. The second kappa shape index (κ2) is 7.70. The molecule has 0 saturated carbocycles. The van der Waals surface area contributed by atoms with Crippen LogP contribution < -0.4 is 10.1 Å². The minimum atomic E-state index is -0.708. The highest BCUT2D eigenvalue weighted by Gasteiger charge is 2.21. The van der Waals surface area contributed by atoms with Gasteiger partial charge < -0.3 is 14.8 Å². The number of methoxy groups -OCH3 is 1. The number of benzene rings is 1. The lowest BCUT2D eigenvalue weighted by Crippen LogP contribution is -2.30. The van der Waals surface area contributed by atoms with Crippen LogP contribution >= 0.6 is 11.3 Å². The van der Waals surface area contributed by atoms with Gasteiger partial charge in [-0.3, -0.25) is 4.79 Å².